The van der Waals surface area contributed by atoms with Crippen molar-refractivity contribution in [2.75, 3.05) is 33.4 Å². The van der Waals surface area contributed by atoms with Gasteiger partial charge in [0.2, 0.25) is 0 Å². The minimum atomic E-state index is -0.773. The lowest BCUT2D eigenvalue weighted by molar-refractivity contribution is -0.140. The first-order chi connectivity index (χ1) is 8.67. The zero-order valence-corrected chi connectivity index (χ0v) is 11.4. The lowest BCUT2D eigenvalue weighted by Crippen LogP contribution is -2.46. The highest BCUT2D eigenvalue weighted by atomic mass is 16.5. The van der Waals surface area contributed by atoms with Crippen LogP contribution in [0.2, 0.25) is 0 Å². The number of carboxylic acids is 1. The molecule has 0 amide bonds. The molecule has 1 N–H and O–H groups in total. The molecular weight excluding hydrogens is 234 g/mol. The van der Waals surface area contributed by atoms with Gasteiger partial charge >= 0.3 is 5.97 Å². The number of rotatable bonds is 8. The summed E-state index contributed by atoms with van der Waals surface area (Å²) in [6.07, 6.45) is 4.30. The molecule has 5 heteroatoms. The highest BCUT2D eigenvalue weighted by Gasteiger charge is 2.27. The van der Waals surface area contributed by atoms with Crippen molar-refractivity contribution in [3.05, 3.63) is 0 Å². The van der Waals surface area contributed by atoms with Crippen molar-refractivity contribution in [1.82, 2.24) is 4.90 Å². The summed E-state index contributed by atoms with van der Waals surface area (Å²) in [6.45, 7) is 4.22. The summed E-state index contributed by atoms with van der Waals surface area (Å²) in [6, 6.07) is 0.307. The van der Waals surface area contributed by atoms with Crippen LogP contribution < -0.4 is 0 Å². The van der Waals surface area contributed by atoms with E-state index in [1.165, 1.54) is 0 Å². The Hall–Kier alpha value is -0.650. The first-order valence-corrected chi connectivity index (χ1v) is 6.73. The summed E-state index contributed by atoms with van der Waals surface area (Å²) in [5, 5.41) is 8.97. The predicted molar refractivity (Wildman–Crippen MR) is 68.8 cm³/mol. The molecule has 0 spiro atoms. The van der Waals surface area contributed by atoms with E-state index in [0.29, 0.717) is 19.2 Å². The molecule has 18 heavy (non-hydrogen) atoms. The molecule has 0 saturated carbocycles. The molecule has 0 aromatic carbocycles. The van der Waals surface area contributed by atoms with E-state index in [-0.39, 0.29) is 12.6 Å². The van der Waals surface area contributed by atoms with Crippen LogP contribution in [-0.2, 0) is 14.3 Å². The van der Waals surface area contributed by atoms with Crippen LogP contribution in [0, 0.1) is 0 Å². The monoisotopic (exact) mass is 259 g/mol. The number of hydrogen-bond donors (Lipinski definition) is 1. The maximum absolute atomic E-state index is 10.9. The predicted octanol–water partition coefficient (Wildman–Crippen LogP) is 1.37. The zero-order valence-electron chi connectivity index (χ0n) is 11.4. The number of ether oxygens (including phenoxy) is 2. The number of nitrogens with zero attached hydrogens (tertiary/aromatic N) is 1. The van der Waals surface area contributed by atoms with Crippen LogP contribution in [0.15, 0.2) is 0 Å². The van der Waals surface area contributed by atoms with Crippen molar-refractivity contribution in [2.24, 2.45) is 0 Å². The van der Waals surface area contributed by atoms with Crippen molar-refractivity contribution < 1.29 is 19.4 Å². The number of carbonyl (C=O) groups is 1. The summed E-state index contributed by atoms with van der Waals surface area (Å²) in [5.41, 5.74) is 0. The smallest absolute Gasteiger partial charge is 0.317 e. The highest BCUT2D eigenvalue weighted by molar-refractivity contribution is 5.69. The molecule has 0 bridgehead atoms. The molecule has 5 nitrogen and oxygen atoms in total. The third-order valence-corrected chi connectivity index (χ3v) is 3.39. The van der Waals surface area contributed by atoms with Gasteiger partial charge in [0.05, 0.1) is 19.3 Å². The first kappa shape index (κ1) is 15.4. The van der Waals surface area contributed by atoms with Gasteiger partial charge in [-0.3, -0.25) is 9.69 Å². The summed E-state index contributed by atoms with van der Waals surface area (Å²) < 4.78 is 10.8. The van der Waals surface area contributed by atoms with Gasteiger partial charge < -0.3 is 14.6 Å². The molecule has 1 heterocycles. The molecule has 2 atom stereocenters. The molecule has 0 aliphatic carbocycles. The Bertz CT molecular complexity index is 245. The van der Waals surface area contributed by atoms with E-state index < -0.39 is 5.97 Å². The van der Waals surface area contributed by atoms with E-state index in [0.717, 1.165) is 32.3 Å². The minimum Gasteiger partial charge on any atom is -0.480 e. The van der Waals surface area contributed by atoms with Crippen LogP contribution >= 0.6 is 0 Å². The van der Waals surface area contributed by atoms with E-state index in [1.54, 1.807) is 7.11 Å². The third-order valence-electron chi connectivity index (χ3n) is 3.39. The summed E-state index contributed by atoms with van der Waals surface area (Å²) >= 11 is 0. The number of carboxylic acid groups (broad SMARTS) is 1. The molecule has 0 aromatic heterocycles. The van der Waals surface area contributed by atoms with Crippen molar-refractivity contribution in [1.29, 1.82) is 0 Å². The molecule has 106 valence electrons. The Morgan fingerprint density at radius 2 is 2.33 bits per heavy atom. The molecular formula is C13H25NO4. The Morgan fingerprint density at radius 3 is 2.94 bits per heavy atom. The maximum Gasteiger partial charge on any atom is 0.317 e. The highest BCUT2D eigenvalue weighted by Crippen LogP contribution is 2.22. The summed E-state index contributed by atoms with van der Waals surface area (Å²) in [4.78, 5) is 12.9. The fourth-order valence-electron chi connectivity index (χ4n) is 2.49. The average Bonchev–Trinajstić information content (AvgIpc) is 2.35. The van der Waals surface area contributed by atoms with Crippen LogP contribution in [0.3, 0.4) is 0 Å². The number of aliphatic carboxylic acids is 1. The second-order valence-electron chi connectivity index (χ2n) is 4.82. The fraction of sp³-hybridized carbons (Fsp3) is 0.923. The van der Waals surface area contributed by atoms with Gasteiger partial charge in [-0.05, 0) is 19.3 Å². The van der Waals surface area contributed by atoms with Gasteiger partial charge in [0.1, 0.15) is 0 Å². The standard InChI is InChI=1S/C13H25NO4/c1-3-4-12-9-11(5-7-18-12)14(6-8-17-2)10-13(15)16/h11-12H,3-10H2,1-2H3,(H,15,16). The summed E-state index contributed by atoms with van der Waals surface area (Å²) in [7, 11) is 1.64. The molecule has 1 aliphatic heterocycles. The van der Waals surface area contributed by atoms with Gasteiger partial charge in [-0.1, -0.05) is 13.3 Å². The van der Waals surface area contributed by atoms with Gasteiger partial charge in [0.25, 0.3) is 0 Å². The van der Waals surface area contributed by atoms with Crippen LogP contribution in [0.5, 0.6) is 0 Å². The van der Waals surface area contributed by atoms with Gasteiger partial charge in [0.15, 0.2) is 0 Å². The molecule has 1 aliphatic rings. The first-order valence-electron chi connectivity index (χ1n) is 6.73. The second-order valence-corrected chi connectivity index (χ2v) is 4.82. The molecule has 0 aromatic rings. The van der Waals surface area contributed by atoms with Gasteiger partial charge in [0, 0.05) is 26.3 Å². The Balaban J connectivity index is 2.50. The fourth-order valence-corrected chi connectivity index (χ4v) is 2.49. The van der Waals surface area contributed by atoms with E-state index >= 15 is 0 Å². The molecule has 1 rings (SSSR count). The van der Waals surface area contributed by atoms with Crippen LogP contribution in [0.25, 0.3) is 0 Å². The second kappa shape index (κ2) is 8.45. The minimum absolute atomic E-state index is 0.0902. The lowest BCUT2D eigenvalue weighted by Gasteiger charge is -2.36. The van der Waals surface area contributed by atoms with Crippen molar-refractivity contribution >= 4 is 5.97 Å². The maximum atomic E-state index is 10.9. The number of hydrogen-bond acceptors (Lipinski definition) is 4. The number of methoxy groups -OCH3 is 1. The topological polar surface area (TPSA) is 59.0 Å². The largest absolute Gasteiger partial charge is 0.480 e. The van der Waals surface area contributed by atoms with Crippen LogP contribution in [-0.4, -0.2) is 61.5 Å². The normalized spacial score (nSPS) is 24.4. The Kier molecular flexibility index (Phi) is 7.23. The lowest BCUT2D eigenvalue weighted by atomic mass is 9.98. The summed E-state index contributed by atoms with van der Waals surface area (Å²) in [5.74, 6) is -0.773. The van der Waals surface area contributed by atoms with Crippen LogP contribution in [0.4, 0.5) is 0 Å². The third kappa shape index (κ3) is 5.33. The quantitative estimate of drug-likeness (QED) is 0.713. The van der Waals surface area contributed by atoms with Gasteiger partial charge in [-0.2, -0.15) is 0 Å². The SMILES string of the molecule is CCCC1CC(N(CCOC)CC(=O)O)CCO1. The Labute approximate surface area is 109 Å². The molecule has 1 fully saturated rings. The van der Waals surface area contributed by atoms with Crippen LogP contribution in [0.1, 0.15) is 32.6 Å². The van der Waals surface area contributed by atoms with Crippen molar-refractivity contribution in [3.8, 4) is 0 Å². The van der Waals surface area contributed by atoms with Crippen molar-refractivity contribution in [2.45, 2.75) is 44.8 Å². The average molecular weight is 259 g/mol. The van der Waals surface area contributed by atoms with E-state index in [1.807, 2.05) is 4.90 Å². The van der Waals surface area contributed by atoms with E-state index in [9.17, 15) is 4.79 Å². The van der Waals surface area contributed by atoms with Gasteiger partial charge in [-0.15, -0.1) is 0 Å². The van der Waals surface area contributed by atoms with Crippen molar-refractivity contribution in [3.63, 3.8) is 0 Å². The zero-order chi connectivity index (χ0) is 13.4. The van der Waals surface area contributed by atoms with E-state index in [4.69, 9.17) is 14.6 Å². The molecule has 0 radical (unpaired) electrons. The molecule has 2 unspecified atom stereocenters. The van der Waals surface area contributed by atoms with E-state index in [2.05, 4.69) is 6.92 Å². The molecule has 1 saturated heterocycles. The van der Waals surface area contributed by atoms with Gasteiger partial charge in [-0.25, -0.2) is 0 Å². The Morgan fingerprint density at radius 1 is 1.56 bits per heavy atom.